The van der Waals surface area contributed by atoms with Crippen LogP contribution in [0.1, 0.15) is 20.3 Å². The summed E-state index contributed by atoms with van der Waals surface area (Å²) in [5.41, 5.74) is 1.47. The van der Waals surface area contributed by atoms with Gasteiger partial charge >= 0.3 is 0 Å². The summed E-state index contributed by atoms with van der Waals surface area (Å²) in [5, 5.41) is 0. The van der Waals surface area contributed by atoms with Crippen molar-refractivity contribution < 1.29 is 0 Å². The van der Waals surface area contributed by atoms with E-state index in [1.54, 1.807) is 0 Å². The third-order valence-electron chi connectivity index (χ3n) is 1.69. The van der Waals surface area contributed by atoms with Gasteiger partial charge in [-0.1, -0.05) is 42.9 Å². The summed E-state index contributed by atoms with van der Waals surface area (Å²) in [4.78, 5) is 0. The van der Waals surface area contributed by atoms with Crippen LogP contribution in [0.3, 0.4) is 0 Å². The fourth-order valence-electron chi connectivity index (χ4n) is 1.18. The molecule has 0 amide bonds. The van der Waals surface area contributed by atoms with Crippen molar-refractivity contribution in [3.05, 3.63) is 36.0 Å². The van der Waals surface area contributed by atoms with Crippen molar-refractivity contribution in [2.45, 2.75) is 20.3 Å². The highest BCUT2D eigenvalue weighted by Crippen LogP contribution is 2.13. The van der Waals surface area contributed by atoms with E-state index in [-0.39, 0.29) is 0 Å². The van der Waals surface area contributed by atoms with Crippen LogP contribution < -0.4 is 0 Å². The smallest absolute Gasteiger partial charge is 0.0222 e. The zero-order valence-electron chi connectivity index (χ0n) is 6.67. The SMILES string of the molecule is CC1=CC=CC=CC(C)C1. The summed E-state index contributed by atoms with van der Waals surface area (Å²) >= 11 is 0. The first-order chi connectivity index (χ1) is 4.79. The largest absolute Gasteiger partial charge is 0.0814 e. The van der Waals surface area contributed by atoms with E-state index < -0.39 is 0 Å². The fourth-order valence-corrected chi connectivity index (χ4v) is 1.18. The van der Waals surface area contributed by atoms with Gasteiger partial charge in [0.15, 0.2) is 0 Å². The Kier molecular flexibility index (Phi) is 2.49. The van der Waals surface area contributed by atoms with Gasteiger partial charge in [-0.2, -0.15) is 0 Å². The molecule has 0 aliphatic heterocycles. The molecule has 54 valence electrons. The maximum atomic E-state index is 2.24. The molecule has 0 aromatic heterocycles. The summed E-state index contributed by atoms with van der Waals surface area (Å²) in [6, 6.07) is 0. The summed E-state index contributed by atoms with van der Waals surface area (Å²) in [6.45, 7) is 4.42. The minimum atomic E-state index is 0.696. The van der Waals surface area contributed by atoms with Crippen LogP contribution in [-0.2, 0) is 0 Å². The Balaban J connectivity index is 2.70. The average molecular weight is 134 g/mol. The molecule has 0 aromatic rings. The number of allylic oxidation sites excluding steroid dienone is 6. The quantitative estimate of drug-likeness (QED) is 0.477. The normalized spacial score (nSPS) is 25.4. The molecule has 0 radical (unpaired) electrons. The Morgan fingerprint density at radius 3 is 2.90 bits per heavy atom. The minimum Gasteiger partial charge on any atom is -0.0814 e. The molecule has 1 rings (SSSR count). The highest BCUT2D eigenvalue weighted by molar-refractivity contribution is 5.19. The maximum absolute atomic E-state index is 2.24. The first-order valence-corrected chi connectivity index (χ1v) is 3.79. The molecule has 0 nitrogen and oxygen atoms in total. The summed E-state index contributed by atoms with van der Waals surface area (Å²) in [5.74, 6) is 0.696. The van der Waals surface area contributed by atoms with Crippen molar-refractivity contribution in [3.8, 4) is 0 Å². The lowest BCUT2D eigenvalue weighted by atomic mass is 10.00. The van der Waals surface area contributed by atoms with E-state index in [2.05, 4.69) is 44.2 Å². The Morgan fingerprint density at radius 1 is 1.30 bits per heavy atom. The Morgan fingerprint density at radius 2 is 2.10 bits per heavy atom. The molecule has 1 unspecified atom stereocenters. The first kappa shape index (κ1) is 7.33. The molecular formula is C10H14. The lowest BCUT2D eigenvalue weighted by molar-refractivity contribution is 0.715. The maximum Gasteiger partial charge on any atom is -0.0222 e. The van der Waals surface area contributed by atoms with Gasteiger partial charge in [0.2, 0.25) is 0 Å². The van der Waals surface area contributed by atoms with Crippen LogP contribution in [0.15, 0.2) is 36.0 Å². The molecule has 0 saturated heterocycles. The molecule has 10 heavy (non-hydrogen) atoms. The number of hydrogen-bond acceptors (Lipinski definition) is 0. The van der Waals surface area contributed by atoms with Crippen LogP contribution in [0, 0.1) is 5.92 Å². The van der Waals surface area contributed by atoms with E-state index in [0.29, 0.717) is 5.92 Å². The number of rotatable bonds is 0. The van der Waals surface area contributed by atoms with E-state index in [9.17, 15) is 0 Å². The lowest BCUT2D eigenvalue weighted by Crippen LogP contribution is -1.90. The van der Waals surface area contributed by atoms with Crippen LogP contribution in [-0.4, -0.2) is 0 Å². The van der Waals surface area contributed by atoms with Crippen molar-refractivity contribution in [2.24, 2.45) is 5.92 Å². The highest BCUT2D eigenvalue weighted by atomic mass is 14.0. The van der Waals surface area contributed by atoms with Crippen molar-refractivity contribution in [1.29, 1.82) is 0 Å². The molecule has 1 aliphatic carbocycles. The summed E-state index contributed by atoms with van der Waals surface area (Å²) < 4.78 is 0. The fraction of sp³-hybridized carbons (Fsp3) is 0.400. The molecule has 0 fully saturated rings. The van der Waals surface area contributed by atoms with Crippen molar-refractivity contribution in [2.75, 3.05) is 0 Å². The monoisotopic (exact) mass is 134 g/mol. The summed E-state index contributed by atoms with van der Waals surface area (Å²) in [7, 11) is 0. The molecule has 0 N–H and O–H groups in total. The standard InChI is InChI=1S/C10H14/c1-9-6-4-3-5-7-10(2)8-9/h3-7,9H,8H2,1-2H3. The Hall–Kier alpha value is -0.780. The topological polar surface area (TPSA) is 0 Å². The van der Waals surface area contributed by atoms with Crippen LogP contribution >= 0.6 is 0 Å². The molecule has 0 saturated carbocycles. The number of hydrogen-bond donors (Lipinski definition) is 0. The third kappa shape index (κ3) is 2.22. The first-order valence-electron chi connectivity index (χ1n) is 3.79. The van der Waals surface area contributed by atoms with Gasteiger partial charge in [0.25, 0.3) is 0 Å². The zero-order valence-corrected chi connectivity index (χ0v) is 6.67. The molecule has 0 aromatic carbocycles. The van der Waals surface area contributed by atoms with Crippen LogP contribution in [0.4, 0.5) is 0 Å². The highest BCUT2D eigenvalue weighted by Gasteiger charge is 1.97. The molecule has 1 atom stereocenters. The van der Waals surface area contributed by atoms with Crippen molar-refractivity contribution >= 4 is 0 Å². The predicted octanol–water partition coefficient (Wildman–Crippen LogP) is 3.08. The predicted molar refractivity (Wildman–Crippen MR) is 45.8 cm³/mol. The van der Waals surface area contributed by atoms with Gasteiger partial charge in [0, 0.05) is 0 Å². The van der Waals surface area contributed by atoms with E-state index in [4.69, 9.17) is 0 Å². The van der Waals surface area contributed by atoms with Crippen LogP contribution in [0.25, 0.3) is 0 Å². The molecule has 0 spiro atoms. The molecule has 0 heteroatoms. The van der Waals surface area contributed by atoms with E-state index in [0.717, 1.165) is 0 Å². The van der Waals surface area contributed by atoms with E-state index in [1.165, 1.54) is 12.0 Å². The molecule has 1 aliphatic rings. The molecular weight excluding hydrogens is 120 g/mol. The minimum absolute atomic E-state index is 0.696. The Bertz CT molecular complexity index is 182. The van der Waals surface area contributed by atoms with Gasteiger partial charge in [-0.05, 0) is 19.3 Å². The second-order valence-electron chi connectivity index (χ2n) is 2.96. The van der Waals surface area contributed by atoms with E-state index in [1.807, 2.05) is 0 Å². The molecule has 0 bridgehead atoms. The van der Waals surface area contributed by atoms with Crippen LogP contribution in [0.5, 0.6) is 0 Å². The van der Waals surface area contributed by atoms with Crippen LogP contribution in [0.2, 0.25) is 0 Å². The van der Waals surface area contributed by atoms with Gasteiger partial charge in [-0.3, -0.25) is 0 Å². The van der Waals surface area contributed by atoms with Gasteiger partial charge in [0.05, 0.1) is 0 Å². The van der Waals surface area contributed by atoms with Gasteiger partial charge < -0.3 is 0 Å². The van der Waals surface area contributed by atoms with Gasteiger partial charge in [-0.25, -0.2) is 0 Å². The van der Waals surface area contributed by atoms with Gasteiger partial charge in [0.1, 0.15) is 0 Å². The lowest BCUT2D eigenvalue weighted by Gasteiger charge is -2.06. The second kappa shape index (κ2) is 3.40. The van der Waals surface area contributed by atoms with E-state index >= 15 is 0 Å². The summed E-state index contributed by atoms with van der Waals surface area (Å²) in [6.07, 6.45) is 11.9. The Labute approximate surface area is 62.9 Å². The van der Waals surface area contributed by atoms with Gasteiger partial charge in [-0.15, -0.1) is 0 Å². The second-order valence-corrected chi connectivity index (χ2v) is 2.96. The van der Waals surface area contributed by atoms with Crippen molar-refractivity contribution in [1.82, 2.24) is 0 Å². The third-order valence-corrected chi connectivity index (χ3v) is 1.69. The molecule has 0 heterocycles. The van der Waals surface area contributed by atoms with Crippen molar-refractivity contribution in [3.63, 3.8) is 0 Å². The average Bonchev–Trinajstić information content (AvgIpc) is 1.83. The zero-order chi connectivity index (χ0) is 7.40.